The van der Waals surface area contributed by atoms with E-state index in [0.717, 1.165) is 37.3 Å². The zero-order valence-electron chi connectivity index (χ0n) is 13.2. The van der Waals surface area contributed by atoms with Crippen LogP contribution in [-0.2, 0) is 16.6 Å². The molecule has 7 heteroatoms. The summed E-state index contributed by atoms with van der Waals surface area (Å²) in [5, 5.41) is 7.27. The smallest absolute Gasteiger partial charge is 0.208 e. The second-order valence-electron chi connectivity index (χ2n) is 6.15. The molecule has 0 aliphatic carbocycles. The third-order valence-corrected chi connectivity index (χ3v) is 4.87. The number of rotatable bonds is 6. The van der Waals surface area contributed by atoms with Gasteiger partial charge in [-0.05, 0) is 24.4 Å². The van der Waals surface area contributed by atoms with Crippen molar-refractivity contribution in [2.24, 2.45) is 5.92 Å². The van der Waals surface area contributed by atoms with Gasteiger partial charge in [0.15, 0.2) is 0 Å². The normalized spacial score (nSPS) is 19.3. The molecule has 0 radical (unpaired) electrons. The summed E-state index contributed by atoms with van der Waals surface area (Å²) in [7, 11) is -3.11. The van der Waals surface area contributed by atoms with Crippen LogP contribution in [-0.4, -0.2) is 49.4 Å². The lowest BCUT2D eigenvalue weighted by Gasteiger charge is -2.16. The number of nitrogens with one attached hydrogen (secondary N) is 2. The molecule has 0 spiro atoms. The summed E-state index contributed by atoms with van der Waals surface area (Å²) in [6.07, 6.45) is 4.10. The predicted octanol–water partition coefficient (Wildman–Crippen LogP) is 1.45. The fourth-order valence-corrected chi connectivity index (χ4v) is 3.56. The van der Waals surface area contributed by atoms with E-state index < -0.39 is 10.0 Å². The number of H-pyrrole nitrogens is 1. The highest BCUT2D eigenvalue weighted by atomic mass is 32.2. The van der Waals surface area contributed by atoms with Gasteiger partial charge in [0.2, 0.25) is 10.0 Å². The minimum Gasteiger partial charge on any atom is -0.299 e. The zero-order valence-corrected chi connectivity index (χ0v) is 14.0. The van der Waals surface area contributed by atoms with Gasteiger partial charge >= 0.3 is 0 Å². The molecule has 1 saturated heterocycles. The Labute approximate surface area is 137 Å². The first-order chi connectivity index (χ1) is 11.0. The van der Waals surface area contributed by atoms with Crippen molar-refractivity contribution < 1.29 is 8.42 Å². The van der Waals surface area contributed by atoms with Gasteiger partial charge in [0.25, 0.3) is 0 Å². The van der Waals surface area contributed by atoms with Gasteiger partial charge in [-0.25, -0.2) is 13.1 Å². The van der Waals surface area contributed by atoms with Crippen LogP contribution in [0.3, 0.4) is 0 Å². The van der Waals surface area contributed by atoms with Gasteiger partial charge in [0.1, 0.15) is 0 Å². The van der Waals surface area contributed by atoms with Crippen LogP contribution in [0.15, 0.2) is 36.5 Å². The second-order valence-corrected chi connectivity index (χ2v) is 7.98. The molecule has 2 heterocycles. The average molecular weight is 334 g/mol. The number of nitrogens with zero attached hydrogens (tertiary/aromatic N) is 2. The third-order valence-electron chi connectivity index (χ3n) is 4.18. The van der Waals surface area contributed by atoms with E-state index in [1.54, 1.807) is 0 Å². The second kappa shape index (κ2) is 6.82. The van der Waals surface area contributed by atoms with Gasteiger partial charge in [0, 0.05) is 25.2 Å². The first kappa shape index (κ1) is 16.2. The van der Waals surface area contributed by atoms with Crippen LogP contribution in [0.25, 0.3) is 11.3 Å². The molecule has 1 aromatic heterocycles. The molecule has 1 atom stereocenters. The Morgan fingerprint density at radius 1 is 1.35 bits per heavy atom. The lowest BCUT2D eigenvalue weighted by atomic mass is 10.1. The van der Waals surface area contributed by atoms with Crippen molar-refractivity contribution in [2.45, 2.75) is 13.0 Å². The Hall–Kier alpha value is -1.70. The summed E-state index contributed by atoms with van der Waals surface area (Å²) >= 11 is 0. The Balaban J connectivity index is 1.60. The first-order valence-electron chi connectivity index (χ1n) is 7.76. The number of sulfonamides is 1. The maximum atomic E-state index is 11.2. The quantitative estimate of drug-likeness (QED) is 0.838. The maximum Gasteiger partial charge on any atom is 0.208 e. The average Bonchev–Trinajstić information content (AvgIpc) is 3.15. The zero-order chi connectivity index (χ0) is 16.3. The summed E-state index contributed by atoms with van der Waals surface area (Å²) in [5.41, 5.74) is 3.37. The molecule has 1 aliphatic heterocycles. The molecule has 2 aromatic rings. The van der Waals surface area contributed by atoms with Crippen LogP contribution in [0.1, 0.15) is 12.0 Å². The van der Waals surface area contributed by atoms with Crippen molar-refractivity contribution in [3.8, 4) is 11.3 Å². The number of likely N-dealkylation sites (tertiary alicyclic amines) is 1. The van der Waals surface area contributed by atoms with Crippen LogP contribution >= 0.6 is 0 Å². The Bertz CT molecular complexity index is 742. The Morgan fingerprint density at radius 2 is 2.13 bits per heavy atom. The van der Waals surface area contributed by atoms with Gasteiger partial charge in [-0.2, -0.15) is 5.10 Å². The standard InChI is InChI=1S/C16H22N4O2S/c1-23(21,22)18-9-13-7-8-20(11-13)12-15-10-17-19-16(15)14-5-3-2-4-6-14/h2-6,10,13,18H,7-9,11-12H2,1H3,(H,17,19)/t13-/m1/s1. The molecule has 0 bridgehead atoms. The molecule has 124 valence electrons. The van der Waals surface area contributed by atoms with Crippen LogP contribution in [0, 0.1) is 5.92 Å². The van der Waals surface area contributed by atoms with E-state index in [-0.39, 0.29) is 0 Å². The molecular formula is C16H22N4O2S. The van der Waals surface area contributed by atoms with E-state index in [2.05, 4.69) is 32.0 Å². The largest absolute Gasteiger partial charge is 0.299 e. The number of hydrogen-bond donors (Lipinski definition) is 2. The van der Waals surface area contributed by atoms with Crippen LogP contribution in [0.4, 0.5) is 0 Å². The van der Waals surface area contributed by atoms with E-state index in [4.69, 9.17) is 0 Å². The first-order valence-corrected chi connectivity index (χ1v) is 9.65. The van der Waals surface area contributed by atoms with Gasteiger partial charge in [-0.3, -0.25) is 10.00 Å². The van der Waals surface area contributed by atoms with Crippen LogP contribution in [0.5, 0.6) is 0 Å². The Kier molecular flexibility index (Phi) is 4.79. The lowest BCUT2D eigenvalue weighted by Crippen LogP contribution is -2.30. The molecule has 0 saturated carbocycles. The van der Waals surface area contributed by atoms with Crippen molar-refractivity contribution in [1.29, 1.82) is 0 Å². The number of aromatic nitrogens is 2. The third kappa shape index (κ3) is 4.40. The highest BCUT2D eigenvalue weighted by Crippen LogP contribution is 2.24. The summed E-state index contributed by atoms with van der Waals surface area (Å²) in [6, 6.07) is 10.2. The Morgan fingerprint density at radius 3 is 2.87 bits per heavy atom. The van der Waals surface area contributed by atoms with E-state index in [9.17, 15) is 8.42 Å². The molecule has 0 unspecified atom stereocenters. The minimum atomic E-state index is -3.11. The summed E-state index contributed by atoms with van der Waals surface area (Å²) in [6.45, 7) is 3.24. The van der Waals surface area contributed by atoms with Gasteiger partial charge < -0.3 is 0 Å². The number of aromatic amines is 1. The van der Waals surface area contributed by atoms with E-state index in [1.165, 1.54) is 11.8 Å². The molecule has 1 fully saturated rings. The van der Waals surface area contributed by atoms with E-state index >= 15 is 0 Å². The molecule has 3 rings (SSSR count). The van der Waals surface area contributed by atoms with Crippen molar-refractivity contribution in [2.75, 3.05) is 25.9 Å². The molecule has 23 heavy (non-hydrogen) atoms. The molecule has 2 N–H and O–H groups in total. The van der Waals surface area contributed by atoms with E-state index in [1.807, 2.05) is 24.4 Å². The highest BCUT2D eigenvalue weighted by Gasteiger charge is 2.24. The fourth-order valence-electron chi connectivity index (χ4n) is 3.02. The lowest BCUT2D eigenvalue weighted by molar-refractivity contribution is 0.317. The summed E-state index contributed by atoms with van der Waals surface area (Å²) in [5.74, 6) is 0.372. The molecule has 1 aliphatic rings. The van der Waals surface area contributed by atoms with Crippen LogP contribution < -0.4 is 4.72 Å². The highest BCUT2D eigenvalue weighted by molar-refractivity contribution is 7.88. The van der Waals surface area contributed by atoms with Crippen molar-refractivity contribution in [3.05, 3.63) is 42.1 Å². The monoisotopic (exact) mass is 334 g/mol. The predicted molar refractivity (Wildman–Crippen MR) is 90.3 cm³/mol. The summed E-state index contributed by atoms with van der Waals surface area (Å²) in [4.78, 5) is 2.35. The molecule has 1 aromatic carbocycles. The fraction of sp³-hybridized carbons (Fsp3) is 0.438. The summed E-state index contributed by atoms with van der Waals surface area (Å²) < 4.78 is 25.0. The maximum absolute atomic E-state index is 11.2. The molecule has 6 nitrogen and oxygen atoms in total. The van der Waals surface area contributed by atoms with Crippen molar-refractivity contribution in [3.63, 3.8) is 0 Å². The van der Waals surface area contributed by atoms with Gasteiger partial charge in [-0.1, -0.05) is 30.3 Å². The minimum absolute atomic E-state index is 0.372. The van der Waals surface area contributed by atoms with Gasteiger partial charge in [-0.15, -0.1) is 0 Å². The van der Waals surface area contributed by atoms with Crippen molar-refractivity contribution in [1.82, 2.24) is 19.8 Å². The topological polar surface area (TPSA) is 78.1 Å². The SMILES string of the molecule is CS(=O)(=O)NC[C@H]1CCN(Cc2cn[nH]c2-c2ccccc2)C1. The van der Waals surface area contributed by atoms with Gasteiger partial charge in [0.05, 0.1) is 18.1 Å². The van der Waals surface area contributed by atoms with Crippen LogP contribution in [0.2, 0.25) is 0 Å². The van der Waals surface area contributed by atoms with Crippen molar-refractivity contribution >= 4 is 10.0 Å². The number of benzene rings is 1. The number of hydrogen-bond acceptors (Lipinski definition) is 4. The van der Waals surface area contributed by atoms with E-state index in [0.29, 0.717) is 12.5 Å². The molecular weight excluding hydrogens is 312 g/mol. The molecule has 0 amide bonds.